The number of halogens is 3. The van der Waals surface area contributed by atoms with Crippen molar-refractivity contribution in [3.05, 3.63) is 89.5 Å². The lowest BCUT2D eigenvalue weighted by molar-refractivity contribution is 0.0949. The number of hydrogen-bond acceptors (Lipinski definition) is 3. The lowest BCUT2D eigenvalue weighted by Crippen LogP contribution is -2.26. The van der Waals surface area contributed by atoms with E-state index >= 15 is 0 Å². The summed E-state index contributed by atoms with van der Waals surface area (Å²) in [6.45, 7) is 0.223. The molecule has 27 heavy (non-hydrogen) atoms. The molecule has 3 rings (SSSR count). The number of para-hydroxylation sites is 1. The van der Waals surface area contributed by atoms with E-state index in [1.807, 2.05) is 0 Å². The third-order valence-corrected chi connectivity index (χ3v) is 3.86. The molecule has 0 atom stereocenters. The number of aromatic nitrogens is 1. The first-order chi connectivity index (χ1) is 13.0. The van der Waals surface area contributed by atoms with Crippen molar-refractivity contribution in [2.24, 2.45) is 0 Å². The Morgan fingerprint density at radius 2 is 1.63 bits per heavy atom. The van der Waals surface area contributed by atoms with E-state index in [-0.39, 0.29) is 23.7 Å². The first-order valence-corrected chi connectivity index (χ1v) is 8.23. The predicted molar refractivity (Wildman–Crippen MR) is 96.3 cm³/mol. The maximum atomic E-state index is 13.7. The molecule has 0 bridgehead atoms. The van der Waals surface area contributed by atoms with Gasteiger partial charge in [-0.25, -0.2) is 13.2 Å². The molecule has 0 unspecified atom stereocenters. The Morgan fingerprint density at radius 3 is 2.37 bits per heavy atom. The van der Waals surface area contributed by atoms with E-state index in [9.17, 15) is 18.0 Å². The van der Waals surface area contributed by atoms with E-state index in [0.717, 1.165) is 12.1 Å². The first-order valence-electron chi connectivity index (χ1n) is 8.23. The fourth-order valence-corrected chi connectivity index (χ4v) is 2.50. The van der Waals surface area contributed by atoms with Crippen LogP contribution in [0.1, 0.15) is 16.1 Å². The van der Waals surface area contributed by atoms with Gasteiger partial charge in [0, 0.05) is 18.4 Å². The third kappa shape index (κ3) is 4.63. The van der Waals surface area contributed by atoms with E-state index in [4.69, 9.17) is 0 Å². The fourth-order valence-electron chi connectivity index (χ4n) is 2.50. The summed E-state index contributed by atoms with van der Waals surface area (Å²) in [4.78, 5) is 16.2. The Hall–Kier alpha value is -3.35. The van der Waals surface area contributed by atoms with Crippen molar-refractivity contribution in [1.82, 2.24) is 10.3 Å². The van der Waals surface area contributed by atoms with E-state index in [1.165, 1.54) is 30.5 Å². The first kappa shape index (κ1) is 18.4. The maximum Gasteiger partial charge on any atom is 0.269 e. The van der Waals surface area contributed by atoms with Crippen molar-refractivity contribution in [3.8, 4) is 0 Å². The molecule has 2 N–H and O–H groups in total. The van der Waals surface area contributed by atoms with Crippen LogP contribution in [0.4, 0.5) is 24.5 Å². The van der Waals surface area contributed by atoms with Gasteiger partial charge in [0.25, 0.3) is 5.91 Å². The molecule has 0 saturated carbocycles. The van der Waals surface area contributed by atoms with Crippen molar-refractivity contribution in [1.29, 1.82) is 0 Å². The maximum absolute atomic E-state index is 13.7. The summed E-state index contributed by atoms with van der Waals surface area (Å²) in [6, 6.07) is 12.7. The number of carbonyl (C=O) groups is 1. The highest BCUT2D eigenvalue weighted by Crippen LogP contribution is 2.23. The molecule has 0 aliphatic rings. The zero-order valence-electron chi connectivity index (χ0n) is 14.2. The highest BCUT2D eigenvalue weighted by Gasteiger charge is 2.11. The molecule has 1 amide bonds. The Morgan fingerprint density at radius 1 is 0.926 bits per heavy atom. The normalized spacial score (nSPS) is 10.5. The molecular formula is C20H16F3N3O. The number of nitrogens with one attached hydrogen (secondary N) is 2. The zero-order chi connectivity index (χ0) is 19.2. The van der Waals surface area contributed by atoms with Crippen LogP contribution >= 0.6 is 0 Å². The standard InChI is InChI=1S/C20H16F3N3O/c21-15-5-2-1-4-13(15)8-10-25-20(27)18-12-14(9-11-24-18)26-19-16(22)6-3-7-17(19)23/h1-7,9,11-12H,8,10H2,(H,24,26)(H,25,27). The second-order valence-corrected chi connectivity index (χ2v) is 5.75. The third-order valence-electron chi connectivity index (χ3n) is 3.86. The Kier molecular flexibility index (Phi) is 5.71. The number of amides is 1. The summed E-state index contributed by atoms with van der Waals surface area (Å²) < 4.78 is 41.0. The molecule has 2 aromatic carbocycles. The molecule has 3 aromatic rings. The topological polar surface area (TPSA) is 54.0 Å². The summed E-state index contributed by atoms with van der Waals surface area (Å²) in [5.74, 6) is -2.29. The van der Waals surface area contributed by atoms with Gasteiger partial charge >= 0.3 is 0 Å². The number of pyridine rings is 1. The largest absolute Gasteiger partial charge is 0.351 e. The van der Waals surface area contributed by atoms with Gasteiger partial charge in [0.2, 0.25) is 0 Å². The van der Waals surface area contributed by atoms with Crippen LogP contribution in [0.15, 0.2) is 60.8 Å². The molecule has 0 aliphatic heterocycles. The monoisotopic (exact) mass is 371 g/mol. The lowest BCUT2D eigenvalue weighted by Gasteiger charge is -2.10. The van der Waals surface area contributed by atoms with Crippen LogP contribution in [0.5, 0.6) is 0 Å². The highest BCUT2D eigenvalue weighted by atomic mass is 19.1. The van der Waals surface area contributed by atoms with Gasteiger partial charge in [0.15, 0.2) is 0 Å². The molecule has 4 nitrogen and oxygen atoms in total. The molecule has 1 aromatic heterocycles. The fraction of sp³-hybridized carbons (Fsp3) is 0.100. The molecule has 0 fully saturated rings. The predicted octanol–water partition coefficient (Wildman–Crippen LogP) is 4.22. The van der Waals surface area contributed by atoms with Gasteiger partial charge in [-0.2, -0.15) is 0 Å². The van der Waals surface area contributed by atoms with Crippen LogP contribution in [0.3, 0.4) is 0 Å². The van der Waals surface area contributed by atoms with Crippen LogP contribution in [-0.4, -0.2) is 17.4 Å². The van der Waals surface area contributed by atoms with Gasteiger partial charge in [-0.3, -0.25) is 9.78 Å². The van der Waals surface area contributed by atoms with Crippen molar-refractivity contribution in [2.75, 3.05) is 11.9 Å². The van der Waals surface area contributed by atoms with Gasteiger partial charge in [0.1, 0.15) is 28.8 Å². The van der Waals surface area contributed by atoms with Crippen LogP contribution in [0.25, 0.3) is 0 Å². The molecule has 0 saturated heterocycles. The SMILES string of the molecule is O=C(NCCc1ccccc1F)c1cc(Nc2c(F)cccc2F)ccn1. The molecule has 0 radical (unpaired) electrons. The minimum Gasteiger partial charge on any atom is -0.351 e. The molecular weight excluding hydrogens is 355 g/mol. The summed E-state index contributed by atoms with van der Waals surface area (Å²) in [5, 5.41) is 5.25. The number of benzene rings is 2. The minimum absolute atomic E-state index is 0.0743. The average molecular weight is 371 g/mol. The molecule has 1 heterocycles. The number of hydrogen-bond donors (Lipinski definition) is 2. The molecule has 0 spiro atoms. The number of anilines is 2. The van der Waals surface area contributed by atoms with Crippen LogP contribution in [0, 0.1) is 17.5 Å². The van der Waals surface area contributed by atoms with Crippen molar-refractivity contribution in [2.45, 2.75) is 6.42 Å². The Balaban J connectivity index is 1.64. The Bertz CT molecular complexity index is 942. The number of nitrogens with zero attached hydrogens (tertiary/aromatic N) is 1. The van der Waals surface area contributed by atoms with Crippen LogP contribution < -0.4 is 10.6 Å². The highest BCUT2D eigenvalue weighted by molar-refractivity contribution is 5.93. The summed E-state index contributed by atoms with van der Waals surface area (Å²) in [6.07, 6.45) is 1.68. The average Bonchev–Trinajstić information content (AvgIpc) is 2.66. The van der Waals surface area contributed by atoms with Crippen molar-refractivity contribution < 1.29 is 18.0 Å². The molecule has 0 aliphatic carbocycles. The van der Waals surface area contributed by atoms with Gasteiger partial charge in [-0.05, 0) is 42.3 Å². The second kappa shape index (κ2) is 8.35. The van der Waals surface area contributed by atoms with Crippen LogP contribution in [0.2, 0.25) is 0 Å². The number of rotatable bonds is 6. The van der Waals surface area contributed by atoms with Crippen molar-refractivity contribution in [3.63, 3.8) is 0 Å². The van der Waals surface area contributed by atoms with Crippen LogP contribution in [-0.2, 0) is 6.42 Å². The lowest BCUT2D eigenvalue weighted by atomic mass is 10.1. The van der Waals surface area contributed by atoms with Gasteiger partial charge < -0.3 is 10.6 Å². The summed E-state index contributed by atoms with van der Waals surface area (Å²) in [7, 11) is 0. The molecule has 138 valence electrons. The van der Waals surface area contributed by atoms with Crippen molar-refractivity contribution >= 4 is 17.3 Å². The van der Waals surface area contributed by atoms with E-state index in [2.05, 4.69) is 15.6 Å². The van der Waals surface area contributed by atoms with E-state index in [1.54, 1.807) is 18.2 Å². The Labute approximate surface area is 154 Å². The zero-order valence-corrected chi connectivity index (χ0v) is 14.2. The second-order valence-electron chi connectivity index (χ2n) is 5.75. The smallest absolute Gasteiger partial charge is 0.269 e. The summed E-state index contributed by atoms with van der Waals surface area (Å²) >= 11 is 0. The van der Waals surface area contributed by atoms with Gasteiger partial charge in [0.05, 0.1) is 0 Å². The van der Waals surface area contributed by atoms with Gasteiger partial charge in [-0.15, -0.1) is 0 Å². The molecule has 7 heteroatoms. The van der Waals surface area contributed by atoms with Gasteiger partial charge in [-0.1, -0.05) is 24.3 Å². The minimum atomic E-state index is -0.747. The van der Waals surface area contributed by atoms with E-state index in [0.29, 0.717) is 17.7 Å². The van der Waals surface area contributed by atoms with E-state index < -0.39 is 17.5 Å². The number of carbonyl (C=O) groups excluding carboxylic acids is 1. The summed E-state index contributed by atoms with van der Waals surface area (Å²) in [5.41, 5.74) is 0.573. The quantitative estimate of drug-likeness (QED) is 0.682.